The third kappa shape index (κ3) is 2.71. The van der Waals surface area contributed by atoms with E-state index in [2.05, 4.69) is 35.6 Å². The molecule has 2 heterocycles. The average molecular weight is 254 g/mol. The largest absolute Gasteiger partial charge is 0.356 e. The molecule has 0 aliphatic carbocycles. The van der Waals surface area contributed by atoms with Gasteiger partial charge in [0.05, 0.1) is 0 Å². The minimum atomic E-state index is 0.376. The quantitative estimate of drug-likeness (QED) is 0.774. The van der Waals surface area contributed by atoms with E-state index in [1.165, 1.54) is 6.42 Å². The van der Waals surface area contributed by atoms with Crippen LogP contribution in [0.15, 0.2) is 6.33 Å². The van der Waals surface area contributed by atoms with Gasteiger partial charge in [0.2, 0.25) is 0 Å². The monoisotopic (exact) mass is 253 g/mol. The zero-order valence-corrected chi connectivity index (χ0v) is 11.6. The molecule has 0 atom stereocenters. The summed E-state index contributed by atoms with van der Waals surface area (Å²) in [4.78, 5) is 10.9. The van der Waals surface area contributed by atoms with Gasteiger partial charge in [-0.2, -0.15) is 0 Å². The molecule has 0 unspecified atom stereocenters. The molecule has 0 saturated carbocycles. The summed E-state index contributed by atoms with van der Waals surface area (Å²) in [5, 5.41) is 0.613. The van der Waals surface area contributed by atoms with Crippen molar-refractivity contribution in [2.45, 2.75) is 40.0 Å². The fourth-order valence-electron chi connectivity index (χ4n) is 2.41. The predicted octanol–water partition coefficient (Wildman–Crippen LogP) is 3.32. The third-order valence-electron chi connectivity index (χ3n) is 3.35. The molecule has 0 bridgehead atoms. The second kappa shape index (κ2) is 4.81. The van der Waals surface area contributed by atoms with Crippen LogP contribution in [0.3, 0.4) is 0 Å². The minimum absolute atomic E-state index is 0.376. The standard InChI is InChI=1S/C13H20ClN3/c1-4-5-10-11(14)15-9-16-12(10)17-7-6-13(2,3)8-17/h9H,4-8H2,1-3H3. The molecule has 2 rings (SSSR count). The Bertz CT molecular complexity index is 404. The molecule has 17 heavy (non-hydrogen) atoms. The Morgan fingerprint density at radius 2 is 2.18 bits per heavy atom. The lowest BCUT2D eigenvalue weighted by atomic mass is 9.93. The molecule has 94 valence electrons. The summed E-state index contributed by atoms with van der Waals surface area (Å²) in [7, 11) is 0. The first-order chi connectivity index (χ1) is 8.03. The van der Waals surface area contributed by atoms with Gasteiger partial charge >= 0.3 is 0 Å². The first kappa shape index (κ1) is 12.6. The van der Waals surface area contributed by atoms with Crippen molar-refractivity contribution in [2.75, 3.05) is 18.0 Å². The Morgan fingerprint density at radius 1 is 1.41 bits per heavy atom. The summed E-state index contributed by atoms with van der Waals surface area (Å²) in [5.41, 5.74) is 1.48. The number of aromatic nitrogens is 2. The van der Waals surface area contributed by atoms with Crippen molar-refractivity contribution in [1.82, 2.24) is 9.97 Å². The van der Waals surface area contributed by atoms with Crippen LogP contribution in [-0.2, 0) is 6.42 Å². The van der Waals surface area contributed by atoms with Gasteiger partial charge in [-0.25, -0.2) is 9.97 Å². The first-order valence-corrected chi connectivity index (χ1v) is 6.65. The van der Waals surface area contributed by atoms with Crippen molar-refractivity contribution >= 4 is 17.4 Å². The summed E-state index contributed by atoms with van der Waals surface area (Å²) in [5.74, 6) is 1.04. The third-order valence-corrected chi connectivity index (χ3v) is 3.67. The predicted molar refractivity (Wildman–Crippen MR) is 71.6 cm³/mol. The molecule has 0 radical (unpaired) electrons. The van der Waals surface area contributed by atoms with E-state index in [9.17, 15) is 0 Å². The van der Waals surface area contributed by atoms with Crippen LogP contribution in [0, 0.1) is 5.41 Å². The number of rotatable bonds is 3. The number of hydrogen-bond acceptors (Lipinski definition) is 3. The van der Waals surface area contributed by atoms with E-state index < -0.39 is 0 Å². The van der Waals surface area contributed by atoms with Crippen LogP contribution >= 0.6 is 11.6 Å². The highest BCUT2D eigenvalue weighted by atomic mass is 35.5. The van der Waals surface area contributed by atoms with Gasteiger partial charge in [0, 0.05) is 18.7 Å². The molecular formula is C13H20ClN3. The Balaban J connectivity index is 2.29. The summed E-state index contributed by atoms with van der Waals surface area (Å²) in [6.07, 6.45) is 4.80. The molecule has 0 aromatic carbocycles. The summed E-state index contributed by atoms with van der Waals surface area (Å²) >= 11 is 6.18. The maximum atomic E-state index is 6.18. The molecule has 1 aliphatic heterocycles. The van der Waals surface area contributed by atoms with Crippen LogP contribution in [0.25, 0.3) is 0 Å². The Labute approximate surface area is 108 Å². The molecule has 1 fully saturated rings. The van der Waals surface area contributed by atoms with Crippen molar-refractivity contribution in [2.24, 2.45) is 5.41 Å². The highest BCUT2D eigenvalue weighted by Gasteiger charge is 2.31. The topological polar surface area (TPSA) is 29.0 Å². The van der Waals surface area contributed by atoms with Crippen LogP contribution in [0.4, 0.5) is 5.82 Å². The fourth-order valence-corrected chi connectivity index (χ4v) is 2.64. The van der Waals surface area contributed by atoms with Gasteiger partial charge in [-0.3, -0.25) is 0 Å². The first-order valence-electron chi connectivity index (χ1n) is 6.28. The van der Waals surface area contributed by atoms with Crippen LogP contribution in [-0.4, -0.2) is 23.1 Å². The highest BCUT2D eigenvalue weighted by Crippen LogP contribution is 2.34. The molecule has 1 saturated heterocycles. The van der Waals surface area contributed by atoms with E-state index in [0.29, 0.717) is 10.6 Å². The molecule has 1 aromatic heterocycles. The van der Waals surface area contributed by atoms with Crippen molar-refractivity contribution in [3.05, 3.63) is 17.0 Å². The Kier molecular flexibility index (Phi) is 3.57. The number of anilines is 1. The fraction of sp³-hybridized carbons (Fsp3) is 0.692. The zero-order valence-electron chi connectivity index (χ0n) is 10.8. The molecule has 0 N–H and O–H groups in total. The van der Waals surface area contributed by atoms with E-state index in [1.54, 1.807) is 6.33 Å². The highest BCUT2D eigenvalue weighted by molar-refractivity contribution is 6.30. The molecule has 0 spiro atoms. The normalized spacial score (nSPS) is 18.7. The zero-order chi connectivity index (χ0) is 12.5. The molecule has 1 aliphatic rings. The van der Waals surface area contributed by atoms with Crippen molar-refractivity contribution < 1.29 is 0 Å². The average Bonchev–Trinajstić information content (AvgIpc) is 2.62. The minimum Gasteiger partial charge on any atom is -0.356 e. The maximum absolute atomic E-state index is 6.18. The van der Waals surface area contributed by atoms with Gasteiger partial charge in [0.1, 0.15) is 17.3 Å². The van der Waals surface area contributed by atoms with Crippen LogP contribution < -0.4 is 4.90 Å². The van der Waals surface area contributed by atoms with E-state index in [-0.39, 0.29) is 0 Å². The number of nitrogens with zero attached hydrogens (tertiary/aromatic N) is 3. The van der Waals surface area contributed by atoms with Crippen molar-refractivity contribution in [3.63, 3.8) is 0 Å². The van der Waals surface area contributed by atoms with Gasteiger partial charge in [0.25, 0.3) is 0 Å². The summed E-state index contributed by atoms with van der Waals surface area (Å²) < 4.78 is 0. The van der Waals surface area contributed by atoms with E-state index in [4.69, 9.17) is 11.6 Å². The molecule has 4 heteroatoms. The van der Waals surface area contributed by atoms with Gasteiger partial charge in [-0.05, 0) is 18.3 Å². The summed E-state index contributed by atoms with van der Waals surface area (Å²) in [6.45, 7) is 8.87. The number of hydrogen-bond donors (Lipinski definition) is 0. The van der Waals surface area contributed by atoms with Crippen LogP contribution in [0.1, 0.15) is 39.2 Å². The lowest BCUT2D eigenvalue weighted by Gasteiger charge is -2.23. The van der Waals surface area contributed by atoms with Gasteiger partial charge in [-0.15, -0.1) is 0 Å². The van der Waals surface area contributed by atoms with Crippen molar-refractivity contribution in [1.29, 1.82) is 0 Å². The van der Waals surface area contributed by atoms with E-state index >= 15 is 0 Å². The van der Waals surface area contributed by atoms with Gasteiger partial charge in [-0.1, -0.05) is 38.8 Å². The van der Waals surface area contributed by atoms with Crippen LogP contribution in [0.2, 0.25) is 5.15 Å². The molecule has 1 aromatic rings. The second-order valence-corrected chi connectivity index (χ2v) is 5.91. The van der Waals surface area contributed by atoms with Gasteiger partial charge in [0.15, 0.2) is 0 Å². The smallest absolute Gasteiger partial charge is 0.137 e. The Morgan fingerprint density at radius 3 is 2.76 bits per heavy atom. The van der Waals surface area contributed by atoms with Crippen LogP contribution in [0.5, 0.6) is 0 Å². The SMILES string of the molecule is CCCc1c(Cl)ncnc1N1CCC(C)(C)C1. The van der Waals surface area contributed by atoms with Crippen molar-refractivity contribution in [3.8, 4) is 0 Å². The number of halogens is 1. The van der Waals surface area contributed by atoms with Gasteiger partial charge < -0.3 is 4.90 Å². The lowest BCUT2D eigenvalue weighted by Crippen LogP contribution is -2.25. The molecule has 3 nitrogen and oxygen atoms in total. The lowest BCUT2D eigenvalue weighted by molar-refractivity contribution is 0.418. The van der Waals surface area contributed by atoms with E-state index in [0.717, 1.165) is 37.3 Å². The second-order valence-electron chi connectivity index (χ2n) is 5.55. The van der Waals surface area contributed by atoms with E-state index in [1.807, 2.05) is 0 Å². The Hall–Kier alpha value is -0.830. The maximum Gasteiger partial charge on any atom is 0.137 e. The molecule has 0 amide bonds. The molecular weight excluding hydrogens is 234 g/mol. The summed E-state index contributed by atoms with van der Waals surface area (Å²) in [6, 6.07) is 0.